The Morgan fingerprint density at radius 1 is 0.278 bits per heavy atom. The van der Waals surface area contributed by atoms with Crippen molar-refractivity contribution in [2.24, 2.45) is 82.9 Å². The van der Waals surface area contributed by atoms with Crippen molar-refractivity contribution in [2.45, 2.75) is 142 Å². The van der Waals surface area contributed by atoms with Crippen LogP contribution < -0.4 is 0 Å². The molecular formula is C36H60. The van der Waals surface area contributed by atoms with Gasteiger partial charge in [-0.2, -0.15) is 0 Å². The molecule has 204 valence electrons. The average molecular weight is 493 g/mol. The van der Waals surface area contributed by atoms with Crippen LogP contribution in [0.2, 0.25) is 0 Å². The molecule has 0 N–H and O–H groups in total. The summed E-state index contributed by atoms with van der Waals surface area (Å²) in [5.74, 6) is 15.4. The number of fused-ring (bicyclic) bond motifs is 4. The van der Waals surface area contributed by atoms with Crippen molar-refractivity contribution in [1.29, 1.82) is 0 Å². The van der Waals surface area contributed by atoms with E-state index in [0.29, 0.717) is 0 Å². The fourth-order valence-corrected chi connectivity index (χ4v) is 13.8. The minimum absolute atomic E-state index is 1.01. The molecule has 7 aliphatic carbocycles. The lowest BCUT2D eigenvalue weighted by molar-refractivity contribution is -0.167. The maximum Gasteiger partial charge on any atom is -0.0318 e. The third-order valence-corrected chi connectivity index (χ3v) is 14.8. The monoisotopic (exact) mass is 492 g/mol. The molecule has 0 aromatic rings. The topological polar surface area (TPSA) is 0 Å². The van der Waals surface area contributed by atoms with E-state index >= 15 is 0 Å². The molecule has 0 amide bonds. The molecule has 14 unspecified atom stereocenters. The molecule has 0 aliphatic heterocycles. The molecule has 0 aromatic heterocycles. The Morgan fingerprint density at radius 3 is 1.03 bits per heavy atom. The second-order valence-electron chi connectivity index (χ2n) is 16.1. The van der Waals surface area contributed by atoms with Crippen LogP contribution >= 0.6 is 0 Å². The lowest BCUT2D eigenvalue weighted by Gasteiger charge is -2.65. The van der Waals surface area contributed by atoms with Crippen LogP contribution in [-0.2, 0) is 0 Å². The molecular weight excluding hydrogens is 432 g/mol. The summed E-state index contributed by atoms with van der Waals surface area (Å²) >= 11 is 0. The zero-order valence-electron chi connectivity index (χ0n) is 24.2. The van der Waals surface area contributed by atoms with E-state index in [1.54, 1.807) is 128 Å². The Balaban J connectivity index is 1.28. The van der Waals surface area contributed by atoms with E-state index in [1.165, 1.54) is 0 Å². The van der Waals surface area contributed by atoms with Gasteiger partial charge in [-0.05, 0) is 121 Å². The van der Waals surface area contributed by atoms with Gasteiger partial charge >= 0.3 is 0 Å². The Labute approximate surface area is 224 Å². The molecule has 7 aliphatic rings. The van der Waals surface area contributed by atoms with Gasteiger partial charge in [0, 0.05) is 0 Å². The van der Waals surface area contributed by atoms with E-state index in [4.69, 9.17) is 0 Å². The summed E-state index contributed by atoms with van der Waals surface area (Å²) in [4.78, 5) is 0. The Hall–Kier alpha value is 0. The molecule has 0 heterocycles. The van der Waals surface area contributed by atoms with Crippen LogP contribution in [0.3, 0.4) is 0 Å². The summed E-state index contributed by atoms with van der Waals surface area (Å²) in [5, 5.41) is 0. The maximum atomic E-state index is 2.77. The molecule has 7 rings (SSSR count). The van der Waals surface area contributed by atoms with Crippen LogP contribution in [0.1, 0.15) is 142 Å². The molecule has 0 saturated heterocycles. The van der Waals surface area contributed by atoms with Gasteiger partial charge in [0.05, 0.1) is 0 Å². The maximum absolute atomic E-state index is 2.77. The summed E-state index contributed by atoms with van der Waals surface area (Å²) in [6.07, 6.45) is 31.7. The van der Waals surface area contributed by atoms with Gasteiger partial charge in [0.15, 0.2) is 0 Å². The fraction of sp³-hybridized carbons (Fsp3) is 1.00. The minimum Gasteiger partial charge on any atom is -0.0622 e. The van der Waals surface area contributed by atoms with Crippen molar-refractivity contribution >= 4 is 0 Å². The van der Waals surface area contributed by atoms with Crippen LogP contribution in [-0.4, -0.2) is 0 Å². The molecule has 0 heteroatoms. The zero-order valence-corrected chi connectivity index (χ0v) is 24.2. The highest BCUT2D eigenvalue weighted by atomic mass is 14.6. The highest BCUT2D eigenvalue weighted by Crippen LogP contribution is 2.66. The SMILES string of the molecule is CC1CCC(C)C2C(C3CCCC4CCCCC43)C3CCCCC3C(C3CCCC4CCCCC43)C12. The van der Waals surface area contributed by atoms with Crippen LogP contribution in [0.4, 0.5) is 0 Å². The second kappa shape index (κ2) is 10.5. The first-order valence-electron chi connectivity index (χ1n) is 17.7. The summed E-state index contributed by atoms with van der Waals surface area (Å²) in [6.45, 7) is 5.53. The van der Waals surface area contributed by atoms with E-state index in [-0.39, 0.29) is 0 Å². The fourth-order valence-electron chi connectivity index (χ4n) is 13.8. The predicted molar refractivity (Wildman–Crippen MR) is 153 cm³/mol. The number of rotatable bonds is 2. The molecule has 7 fully saturated rings. The Morgan fingerprint density at radius 2 is 0.583 bits per heavy atom. The molecule has 0 aromatic carbocycles. The quantitative estimate of drug-likeness (QED) is 0.359. The lowest BCUT2D eigenvalue weighted by Crippen LogP contribution is -2.59. The van der Waals surface area contributed by atoms with Crippen LogP contribution in [0, 0.1) is 82.9 Å². The largest absolute Gasteiger partial charge is 0.0622 e. The summed E-state index contributed by atoms with van der Waals surface area (Å²) in [6, 6.07) is 0. The molecule has 0 bridgehead atoms. The van der Waals surface area contributed by atoms with Crippen molar-refractivity contribution in [2.75, 3.05) is 0 Å². The van der Waals surface area contributed by atoms with E-state index in [1.807, 2.05) is 0 Å². The Kier molecular flexibility index (Phi) is 7.31. The Bertz CT molecular complexity index is 672. The predicted octanol–water partition coefficient (Wildman–Crippen LogP) is 10.6. The van der Waals surface area contributed by atoms with Crippen molar-refractivity contribution in [3.8, 4) is 0 Å². The molecule has 14 atom stereocenters. The molecule has 0 nitrogen and oxygen atoms in total. The van der Waals surface area contributed by atoms with Gasteiger partial charge in [-0.1, -0.05) is 104 Å². The van der Waals surface area contributed by atoms with E-state index in [0.717, 1.165) is 82.9 Å². The first-order valence-corrected chi connectivity index (χ1v) is 17.7. The van der Waals surface area contributed by atoms with Gasteiger partial charge in [0.25, 0.3) is 0 Å². The van der Waals surface area contributed by atoms with Crippen LogP contribution in [0.15, 0.2) is 0 Å². The highest BCUT2D eigenvalue weighted by Gasteiger charge is 2.60. The van der Waals surface area contributed by atoms with Crippen LogP contribution in [0.25, 0.3) is 0 Å². The van der Waals surface area contributed by atoms with Gasteiger partial charge in [-0.25, -0.2) is 0 Å². The van der Waals surface area contributed by atoms with Crippen LogP contribution in [0.5, 0.6) is 0 Å². The van der Waals surface area contributed by atoms with Gasteiger partial charge in [0.1, 0.15) is 0 Å². The van der Waals surface area contributed by atoms with Crippen molar-refractivity contribution < 1.29 is 0 Å². The number of hydrogen-bond donors (Lipinski definition) is 0. The summed E-state index contributed by atoms with van der Waals surface area (Å²) < 4.78 is 0. The van der Waals surface area contributed by atoms with Gasteiger partial charge in [-0.15, -0.1) is 0 Å². The zero-order chi connectivity index (χ0) is 24.2. The third-order valence-electron chi connectivity index (χ3n) is 14.8. The molecule has 0 radical (unpaired) electrons. The normalized spacial score (nSPS) is 55.5. The molecule has 36 heavy (non-hydrogen) atoms. The van der Waals surface area contributed by atoms with Crippen molar-refractivity contribution in [3.63, 3.8) is 0 Å². The summed E-state index contributed by atoms with van der Waals surface area (Å²) in [5.41, 5.74) is 0. The molecule has 0 spiro atoms. The van der Waals surface area contributed by atoms with Crippen molar-refractivity contribution in [3.05, 3.63) is 0 Å². The average Bonchev–Trinajstić information content (AvgIpc) is 2.93. The van der Waals surface area contributed by atoms with E-state index in [2.05, 4.69) is 13.8 Å². The summed E-state index contributed by atoms with van der Waals surface area (Å²) in [7, 11) is 0. The first kappa shape index (κ1) is 25.0. The minimum atomic E-state index is 1.01. The lowest BCUT2D eigenvalue weighted by atomic mass is 9.40. The van der Waals surface area contributed by atoms with E-state index < -0.39 is 0 Å². The first-order chi connectivity index (χ1) is 17.7. The van der Waals surface area contributed by atoms with Gasteiger partial charge < -0.3 is 0 Å². The van der Waals surface area contributed by atoms with Gasteiger partial charge in [0.2, 0.25) is 0 Å². The standard InChI is InChI=1S/C36H60/c1-23-21-22-24(2)34-33(23)35(29-19-9-13-25-11-3-5-15-27(25)29)31-17-7-8-18-32(31)36(34)30-20-10-14-26-12-4-6-16-28(26)30/h23-36H,3-22H2,1-2H3. The highest BCUT2D eigenvalue weighted by molar-refractivity contribution is 5.08. The van der Waals surface area contributed by atoms with Gasteiger partial charge in [-0.3, -0.25) is 0 Å². The van der Waals surface area contributed by atoms with E-state index in [9.17, 15) is 0 Å². The number of hydrogen-bond acceptors (Lipinski definition) is 0. The smallest absolute Gasteiger partial charge is 0.0318 e. The molecule has 7 saturated carbocycles. The third kappa shape index (κ3) is 4.19. The van der Waals surface area contributed by atoms with Crippen molar-refractivity contribution in [1.82, 2.24) is 0 Å². The second-order valence-corrected chi connectivity index (χ2v) is 16.1.